The summed E-state index contributed by atoms with van der Waals surface area (Å²) < 4.78 is 4.81. The van der Waals surface area contributed by atoms with E-state index in [2.05, 4.69) is 10.5 Å². The van der Waals surface area contributed by atoms with E-state index in [1.807, 2.05) is 0 Å². The van der Waals surface area contributed by atoms with Gasteiger partial charge in [-0.05, 0) is 25.5 Å². The van der Waals surface area contributed by atoms with Crippen LogP contribution >= 0.6 is 11.3 Å². The first-order valence-corrected chi connectivity index (χ1v) is 5.87. The molecule has 2 aromatic heterocycles. The minimum absolute atomic E-state index is 0.123. The van der Waals surface area contributed by atoms with Crippen molar-refractivity contribution in [3.8, 4) is 0 Å². The Morgan fingerprint density at radius 1 is 1.39 bits per heavy atom. The fourth-order valence-corrected chi connectivity index (χ4v) is 2.34. The van der Waals surface area contributed by atoms with Gasteiger partial charge in [0.1, 0.15) is 4.88 Å². The Hall–Kier alpha value is -2.15. The highest BCUT2D eigenvalue weighted by Crippen LogP contribution is 2.27. The molecule has 0 saturated carbocycles. The number of hydrogen-bond acceptors (Lipinski definition) is 5. The number of aromatic nitrogens is 1. The highest BCUT2D eigenvalue weighted by molar-refractivity contribution is 7.18. The van der Waals surface area contributed by atoms with Gasteiger partial charge in [-0.25, -0.2) is 4.79 Å². The van der Waals surface area contributed by atoms with Gasteiger partial charge in [-0.3, -0.25) is 4.79 Å². The molecule has 0 fully saturated rings. The van der Waals surface area contributed by atoms with E-state index in [4.69, 9.17) is 9.63 Å². The summed E-state index contributed by atoms with van der Waals surface area (Å²) in [5.41, 5.74) is 1.23. The summed E-state index contributed by atoms with van der Waals surface area (Å²) in [5.74, 6) is -1.32. The second kappa shape index (κ2) is 4.61. The highest BCUT2D eigenvalue weighted by atomic mass is 32.1. The van der Waals surface area contributed by atoms with E-state index in [0.717, 1.165) is 11.3 Å². The Balaban J connectivity index is 2.20. The molecule has 0 aliphatic rings. The highest BCUT2D eigenvalue weighted by Gasteiger charge is 2.17. The number of carbonyl (C=O) groups is 2. The number of carboxylic acids is 1. The first kappa shape index (κ1) is 12.3. The lowest BCUT2D eigenvalue weighted by molar-refractivity contribution is 0.0701. The molecule has 0 spiro atoms. The van der Waals surface area contributed by atoms with Gasteiger partial charge >= 0.3 is 5.97 Å². The quantitative estimate of drug-likeness (QED) is 0.889. The van der Waals surface area contributed by atoms with Gasteiger partial charge in [0.05, 0.1) is 11.2 Å². The summed E-state index contributed by atoms with van der Waals surface area (Å²) in [6, 6.07) is 1.61. The van der Waals surface area contributed by atoms with Crippen LogP contribution in [0.15, 0.2) is 16.8 Å². The number of aryl methyl sites for hydroxylation is 2. The van der Waals surface area contributed by atoms with Gasteiger partial charge in [0.15, 0.2) is 0 Å². The Morgan fingerprint density at radius 2 is 2.11 bits per heavy atom. The van der Waals surface area contributed by atoms with Gasteiger partial charge < -0.3 is 14.9 Å². The zero-order chi connectivity index (χ0) is 13.3. The predicted octanol–water partition coefficient (Wildman–Crippen LogP) is 2.30. The number of carboxylic acid groups (broad SMARTS) is 1. The second-order valence-electron chi connectivity index (χ2n) is 3.72. The molecule has 2 rings (SSSR count). The second-order valence-corrected chi connectivity index (χ2v) is 4.77. The molecule has 0 aliphatic carbocycles. The van der Waals surface area contributed by atoms with Crippen LogP contribution < -0.4 is 5.32 Å². The molecule has 0 bridgehead atoms. The van der Waals surface area contributed by atoms with Crippen LogP contribution in [0.4, 0.5) is 5.00 Å². The van der Waals surface area contributed by atoms with Crippen LogP contribution in [-0.4, -0.2) is 22.1 Å². The molecule has 18 heavy (non-hydrogen) atoms. The van der Waals surface area contributed by atoms with Crippen molar-refractivity contribution in [2.75, 3.05) is 5.32 Å². The molecule has 0 unspecified atom stereocenters. The molecule has 2 N–H and O–H groups in total. The zero-order valence-electron chi connectivity index (χ0n) is 9.68. The lowest BCUT2D eigenvalue weighted by Gasteiger charge is -1.98. The Bertz CT molecular complexity index is 614. The molecule has 0 radical (unpaired) electrons. The van der Waals surface area contributed by atoms with Crippen molar-refractivity contribution in [3.63, 3.8) is 0 Å². The van der Waals surface area contributed by atoms with Gasteiger partial charge in [0.2, 0.25) is 5.76 Å². The molecule has 2 aromatic rings. The molecular weight excluding hydrogens is 256 g/mol. The maximum Gasteiger partial charge on any atom is 0.346 e. The van der Waals surface area contributed by atoms with Crippen LogP contribution in [0.25, 0.3) is 0 Å². The largest absolute Gasteiger partial charge is 0.477 e. The summed E-state index contributed by atoms with van der Waals surface area (Å²) in [5, 5.41) is 15.5. The number of hydrogen-bond donors (Lipinski definition) is 2. The van der Waals surface area contributed by atoms with Crippen molar-refractivity contribution in [2.45, 2.75) is 13.8 Å². The van der Waals surface area contributed by atoms with Crippen LogP contribution in [0.5, 0.6) is 0 Å². The van der Waals surface area contributed by atoms with E-state index >= 15 is 0 Å². The first-order chi connectivity index (χ1) is 8.49. The predicted molar refractivity (Wildman–Crippen MR) is 65.2 cm³/mol. The van der Waals surface area contributed by atoms with E-state index in [0.29, 0.717) is 16.1 Å². The maximum atomic E-state index is 11.8. The van der Waals surface area contributed by atoms with E-state index in [1.165, 1.54) is 6.20 Å². The molecule has 1 amide bonds. The third-order valence-corrected chi connectivity index (χ3v) is 3.44. The molecular formula is C11H10N2O4S. The smallest absolute Gasteiger partial charge is 0.346 e. The number of anilines is 1. The fraction of sp³-hybridized carbons (Fsp3) is 0.182. The molecule has 2 heterocycles. The van der Waals surface area contributed by atoms with Crippen LogP contribution in [0.3, 0.4) is 0 Å². The average Bonchev–Trinajstić information content (AvgIpc) is 2.84. The lowest BCUT2D eigenvalue weighted by Crippen LogP contribution is -2.10. The van der Waals surface area contributed by atoms with Crippen molar-refractivity contribution in [1.82, 2.24) is 5.16 Å². The normalized spacial score (nSPS) is 10.3. The maximum absolute atomic E-state index is 11.8. The number of aromatic carboxylic acids is 1. The first-order valence-electron chi connectivity index (χ1n) is 5.05. The zero-order valence-corrected chi connectivity index (χ0v) is 10.5. The number of thiophene rings is 1. The Morgan fingerprint density at radius 3 is 2.61 bits per heavy atom. The van der Waals surface area contributed by atoms with E-state index in [1.54, 1.807) is 19.9 Å². The average molecular weight is 266 g/mol. The number of nitrogens with one attached hydrogen (secondary N) is 1. The summed E-state index contributed by atoms with van der Waals surface area (Å²) in [7, 11) is 0. The molecule has 0 saturated heterocycles. The van der Waals surface area contributed by atoms with Crippen molar-refractivity contribution in [1.29, 1.82) is 0 Å². The van der Waals surface area contributed by atoms with Crippen molar-refractivity contribution >= 4 is 28.2 Å². The van der Waals surface area contributed by atoms with E-state index in [-0.39, 0.29) is 10.6 Å². The van der Waals surface area contributed by atoms with Crippen molar-refractivity contribution in [2.24, 2.45) is 0 Å². The third kappa shape index (κ3) is 2.25. The molecule has 0 aromatic carbocycles. The topological polar surface area (TPSA) is 92.4 Å². The Labute approximate surface area is 106 Å². The monoisotopic (exact) mass is 266 g/mol. The van der Waals surface area contributed by atoms with Gasteiger partial charge in [0, 0.05) is 5.56 Å². The standard InChI is InChI=1S/C11H10N2O4S/c1-5-3-7(18-9(5)11(15)16)13-10(14)8-6(2)4-12-17-8/h3-4H,1-2H3,(H,13,14)(H,15,16). The molecule has 6 nitrogen and oxygen atoms in total. The molecule has 7 heteroatoms. The minimum Gasteiger partial charge on any atom is -0.477 e. The van der Waals surface area contributed by atoms with E-state index < -0.39 is 11.9 Å². The van der Waals surface area contributed by atoms with Crippen LogP contribution in [-0.2, 0) is 0 Å². The SMILES string of the molecule is Cc1cnoc1C(=O)Nc1cc(C)c(C(=O)O)s1. The number of amides is 1. The van der Waals surface area contributed by atoms with Crippen molar-refractivity contribution < 1.29 is 19.2 Å². The number of carbonyl (C=O) groups excluding carboxylic acids is 1. The van der Waals surface area contributed by atoms with Gasteiger partial charge in [-0.1, -0.05) is 5.16 Å². The van der Waals surface area contributed by atoms with E-state index in [9.17, 15) is 9.59 Å². The minimum atomic E-state index is -1.01. The van der Waals surface area contributed by atoms with Gasteiger partial charge in [-0.15, -0.1) is 11.3 Å². The summed E-state index contributed by atoms with van der Waals surface area (Å²) in [6.45, 7) is 3.38. The van der Waals surface area contributed by atoms with Crippen LogP contribution in [0, 0.1) is 13.8 Å². The van der Waals surface area contributed by atoms with Gasteiger partial charge in [0.25, 0.3) is 5.91 Å². The van der Waals surface area contributed by atoms with Crippen LogP contribution in [0.1, 0.15) is 31.4 Å². The fourth-order valence-electron chi connectivity index (χ4n) is 1.43. The number of rotatable bonds is 3. The number of nitrogens with zero attached hydrogens (tertiary/aromatic N) is 1. The third-order valence-electron chi connectivity index (χ3n) is 2.30. The van der Waals surface area contributed by atoms with Crippen LogP contribution in [0.2, 0.25) is 0 Å². The van der Waals surface area contributed by atoms with Crippen molar-refractivity contribution in [3.05, 3.63) is 34.0 Å². The molecule has 94 valence electrons. The lowest BCUT2D eigenvalue weighted by atomic mass is 10.3. The molecule has 0 aliphatic heterocycles. The van der Waals surface area contributed by atoms with Gasteiger partial charge in [-0.2, -0.15) is 0 Å². The summed E-state index contributed by atoms with van der Waals surface area (Å²) in [6.07, 6.45) is 1.44. The molecule has 0 atom stereocenters. The summed E-state index contributed by atoms with van der Waals surface area (Å²) in [4.78, 5) is 22.9. The Kier molecular flexibility index (Phi) is 3.15. The summed E-state index contributed by atoms with van der Waals surface area (Å²) >= 11 is 1.01.